The number of hydrogen-bond donors (Lipinski definition) is 1. The Kier molecular flexibility index (Phi) is 9.19. The minimum absolute atomic E-state index is 0.0868. The highest BCUT2D eigenvalue weighted by Gasteiger charge is 2.23. The molecule has 0 radical (unpaired) electrons. The molecule has 0 fully saturated rings. The van der Waals surface area contributed by atoms with Crippen LogP contribution in [0.2, 0.25) is 0 Å². The van der Waals surface area contributed by atoms with E-state index in [0.29, 0.717) is 17.7 Å². The van der Waals surface area contributed by atoms with Crippen molar-refractivity contribution in [2.24, 2.45) is 0 Å². The monoisotopic (exact) mass is 778 g/mol. The van der Waals surface area contributed by atoms with Crippen LogP contribution in [-0.4, -0.2) is 31.5 Å². The first kappa shape index (κ1) is 25.6. The van der Waals surface area contributed by atoms with Crippen LogP contribution in [0.5, 0.6) is 5.75 Å². The number of esters is 2. The second kappa shape index (κ2) is 10.8. The van der Waals surface area contributed by atoms with Crippen molar-refractivity contribution in [3.8, 4) is 5.75 Å². The molecule has 162 valence electrons. The quantitative estimate of drug-likeness (QED) is 0.110. The zero-order valence-corrected chi connectivity index (χ0v) is 21.9. The molecule has 1 N–H and O–H groups in total. The molecular weight excluding hydrogens is 767 g/mol. The molecule has 0 spiro atoms. The zero-order chi connectivity index (χ0) is 22.6. The fourth-order valence-electron chi connectivity index (χ4n) is 2.19. The first-order valence-corrected chi connectivity index (χ1v) is 12.6. The summed E-state index contributed by atoms with van der Waals surface area (Å²) in [6, 6.07) is 4.51. The van der Waals surface area contributed by atoms with Crippen molar-refractivity contribution in [2.75, 3.05) is 6.61 Å². The molecule has 0 amide bonds. The van der Waals surface area contributed by atoms with Crippen LogP contribution in [0.3, 0.4) is 0 Å². The second-order valence-corrected chi connectivity index (χ2v) is 10.5. The summed E-state index contributed by atoms with van der Waals surface area (Å²) in [6.45, 7) is -0.0868. The van der Waals surface area contributed by atoms with E-state index >= 15 is 0 Å². The van der Waals surface area contributed by atoms with Gasteiger partial charge in [-0.1, -0.05) is 0 Å². The largest absolute Gasteiger partial charge is 0.462 e. The van der Waals surface area contributed by atoms with Gasteiger partial charge >= 0.3 is 11.9 Å². The van der Waals surface area contributed by atoms with Gasteiger partial charge in [0.15, 0.2) is 16.5 Å². The Bertz CT molecular complexity index is 1080. The van der Waals surface area contributed by atoms with Gasteiger partial charge in [0.05, 0.1) is 12.2 Å². The Labute approximate surface area is 211 Å². The number of rotatable bonds is 7. The lowest BCUT2D eigenvalue weighted by Gasteiger charge is -2.09. The van der Waals surface area contributed by atoms with Crippen molar-refractivity contribution >= 4 is 89.8 Å². The molecule has 0 bridgehead atoms. The lowest BCUT2D eigenvalue weighted by molar-refractivity contribution is -0.134. The fraction of sp³-hybridized carbons (Fsp3) is 0.176. The highest BCUT2D eigenvalue weighted by Crippen LogP contribution is 2.25. The summed E-state index contributed by atoms with van der Waals surface area (Å²) in [7, 11) is -5.11. The summed E-state index contributed by atoms with van der Waals surface area (Å²) in [4.78, 5) is 22.5. The van der Waals surface area contributed by atoms with Gasteiger partial charge in [0.2, 0.25) is 0 Å². The van der Waals surface area contributed by atoms with E-state index in [1.807, 2.05) is 28.7 Å². The molecule has 0 heterocycles. The predicted octanol–water partition coefficient (Wildman–Crippen LogP) is 4.57. The minimum Gasteiger partial charge on any atom is -0.462 e. The molecule has 0 aromatic heterocycles. The molecule has 0 saturated heterocycles. The molecule has 30 heavy (non-hydrogen) atoms. The summed E-state index contributed by atoms with van der Waals surface area (Å²) in [5.41, 5.74) is 0.402. The summed E-state index contributed by atoms with van der Waals surface area (Å²) in [5, 5.41) is 0. The lowest BCUT2D eigenvalue weighted by Crippen LogP contribution is -2.13. The van der Waals surface area contributed by atoms with Gasteiger partial charge in [-0.05, 0) is 86.3 Å². The van der Waals surface area contributed by atoms with Crippen molar-refractivity contribution in [1.82, 2.24) is 0 Å². The highest BCUT2D eigenvalue weighted by atomic mass is 127. The van der Waals surface area contributed by atoms with Crippen LogP contribution in [0.1, 0.15) is 23.2 Å². The van der Waals surface area contributed by atoms with Crippen LogP contribution in [-0.2, 0) is 19.6 Å². The molecule has 0 aliphatic heterocycles. The van der Waals surface area contributed by atoms with E-state index in [9.17, 15) is 26.8 Å². The maximum absolute atomic E-state index is 13.7. The van der Waals surface area contributed by atoms with Crippen molar-refractivity contribution in [3.05, 3.63) is 52.2 Å². The summed E-state index contributed by atoms with van der Waals surface area (Å²) < 4.78 is 70.4. The molecule has 0 aliphatic rings. The van der Waals surface area contributed by atoms with E-state index in [1.165, 1.54) is 0 Å². The Hall–Kier alpha value is -0.660. The Balaban J connectivity index is 1.90. The topological polar surface area (TPSA) is 107 Å². The predicted molar refractivity (Wildman–Crippen MR) is 126 cm³/mol. The SMILES string of the molecule is O=C(CCCOC(=O)c1cc(I)cc(I)c1I)Oc1cc(F)c(S(=O)(=O)O)c(F)c1. The second-order valence-electron chi connectivity index (χ2n) is 5.65. The van der Waals surface area contributed by atoms with Crippen molar-refractivity contribution < 1.29 is 40.8 Å². The maximum atomic E-state index is 13.7. The Morgan fingerprint density at radius 1 is 1.03 bits per heavy atom. The van der Waals surface area contributed by atoms with Crippen LogP contribution >= 0.6 is 67.8 Å². The van der Waals surface area contributed by atoms with E-state index in [0.717, 1.165) is 10.7 Å². The smallest absolute Gasteiger partial charge is 0.339 e. The van der Waals surface area contributed by atoms with E-state index in [2.05, 4.69) is 45.2 Å². The summed E-state index contributed by atoms with van der Waals surface area (Å²) in [6.07, 6.45) is -0.131. The van der Waals surface area contributed by atoms with Gasteiger partial charge in [-0.2, -0.15) is 8.42 Å². The summed E-state index contributed by atoms with van der Waals surface area (Å²) in [5.74, 6) is -5.19. The highest BCUT2D eigenvalue weighted by molar-refractivity contribution is 14.1. The van der Waals surface area contributed by atoms with Crippen LogP contribution < -0.4 is 4.74 Å². The molecule has 13 heteroatoms. The average Bonchev–Trinajstić information content (AvgIpc) is 2.59. The van der Waals surface area contributed by atoms with Gasteiger partial charge in [-0.25, -0.2) is 13.6 Å². The molecule has 0 unspecified atom stereocenters. The van der Waals surface area contributed by atoms with Crippen LogP contribution in [0.25, 0.3) is 0 Å². The number of hydrogen-bond acceptors (Lipinski definition) is 6. The van der Waals surface area contributed by atoms with Crippen LogP contribution in [0.4, 0.5) is 8.78 Å². The molecule has 0 saturated carbocycles. The molecular formula is C17H11F2I3O7S. The van der Waals surface area contributed by atoms with E-state index in [1.54, 1.807) is 6.07 Å². The fourth-order valence-corrected chi connectivity index (χ4v) is 5.18. The maximum Gasteiger partial charge on any atom is 0.339 e. The molecule has 2 rings (SSSR count). The third-order valence-electron chi connectivity index (χ3n) is 3.43. The normalized spacial score (nSPS) is 11.3. The van der Waals surface area contributed by atoms with Crippen molar-refractivity contribution in [2.45, 2.75) is 17.7 Å². The number of carbonyl (C=O) groups excluding carboxylic acids is 2. The van der Waals surface area contributed by atoms with Crippen molar-refractivity contribution in [3.63, 3.8) is 0 Å². The molecule has 7 nitrogen and oxygen atoms in total. The molecule has 0 atom stereocenters. The Morgan fingerprint density at radius 3 is 2.20 bits per heavy atom. The van der Waals surface area contributed by atoms with Gasteiger partial charge in [0.1, 0.15) is 5.75 Å². The minimum atomic E-state index is -5.11. The average molecular weight is 778 g/mol. The number of benzene rings is 2. The molecule has 2 aromatic rings. The molecule has 2 aromatic carbocycles. The van der Waals surface area contributed by atoms with Crippen LogP contribution in [0, 0.1) is 22.3 Å². The standard InChI is InChI=1S/C17H11F2I3O7S/c18-11-6-9(7-12(19)16(11)30(25,26)27)29-14(23)2-1-3-28-17(24)10-4-8(20)5-13(21)15(10)22/h4-7H,1-3H2,(H,25,26,27). The summed E-state index contributed by atoms with van der Waals surface area (Å²) >= 11 is 6.21. The number of halogens is 5. The Morgan fingerprint density at radius 2 is 1.63 bits per heavy atom. The first-order chi connectivity index (χ1) is 13.9. The third-order valence-corrected chi connectivity index (χ3v) is 8.01. The van der Waals surface area contributed by atoms with Crippen molar-refractivity contribution in [1.29, 1.82) is 0 Å². The lowest BCUT2D eigenvalue weighted by atomic mass is 10.2. The van der Waals surface area contributed by atoms with Crippen LogP contribution in [0.15, 0.2) is 29.2 Å². The van der Waals surface area contributed by atoms with Gasteiger partial charge in [0.25, 0.3) is 10.1 Å². The molecule has 0 aliphatic carbocycles. The van der Waals surface area contributed by atoms with Gasteiger partial charge in [-0.3, -0.25) is 9.35 Å². The third kappa shape index (κ3) is 6.92. The van der Waals surface area contributed by atoms with E-state index in [-0.39, 0.29) is 19.4 Å². The zero-order valence-electron chi connectivity index (χ0n) is 14.6. The number of carbonyl (C=O) groups is 2. The number of ether oxygens (including phenoxy) is 2. The first-order valence-electron chi connectivity index (χ1n) is 7.89. The van der Waals surface area contributed by atoms with Gasteiger partial charge < -0.3 is 9.47 Å². The van der Waals surface area contributed by atoms with Gasteiger partial charge in [0, 0.05) is 29.3 Å². The van der Waals surface area contributed by atoms with E-state index in [4.69, 9.17) is 14.0 Å². The van der Waals surface area contributed by atoms with Gasteiger partial charge in [-0.15, -0.1) is 0 Å². The van der Waals surface area contributed by atoms with E-state index < -0.39 is 44.3 Å².